The highest BCUT2D eigenvalue weighted by Gasteiger charge is 2.13. The molecule has 2 aromatic carbocycles. The van der Waals surface area contributed by atoms with Crippen molar-refractivity contribution in [1.82, 2.24) is 0 Å². The topological polar surface area (TPSA) is 55.1 Å². The summed E-state index contributed by atoms with van der Waals surface area (Å²) in [5.74, 6) is -3.30. The molecule has 0 unspecified atom stereocenters. The Bertz CT molecular complexity index is 624. The van der Waals surface area contributed by atoms with E-state index in [9.17, 15) is 18.0 Å². The molecule has 3 nitrogen and oxygen atoms in total. The van der Waals surface area contributed by atoms with E-state index in [1.54, 1.807) is 0 Å². The Morgan fingerprint density at radius 1 is 1.00 bits per heavy atom. The van der Waals surface area contributed by atoms with Crippen LogP contribution in [-0.2, 0) is 0 Å². The Hall–Kier alpha value is -2.50. The molecule has 2 aromatic rings. The predicted molar refractivity (Wildman–Crippen MR) is 65.1 cm³/mol. The van der Waals surface area contributed by atoms with Crippen LogP contribution in [0, 0.1) is 17.5 Å². The molecule has 19 heavy (non-hydrogen) atoms. The number of carbonyl (C=O) groups is 1. The molecule has 0 heterocycles. The van der Waals surface area contributed by atoms with Crippen molar-refractivity contribution in [2.24, 2.45) is 0 Å². The predicted octanol–water partition coefficient (Wildman–Crippen LogP) is 2.94. The van der Waals surface area contributed by atoms with Crippen molar-refractivity contribution in [3.63, 3.8) is 0 Å². The maximum atomic E-state index is 13.4. The molecule has 0 aliphatic carbocycles. The lowest BCUT2D eigenvalue weighted by Crippen LogP contribution is -2.14. The van der Waals surface area contributed by atoms with Gasteiger partial charge in [0.2, 0.25) is 0 Å². The van der Waals surface area contributed by atoms with Crippen LogP contribution in [0.25, 0.3) is 0 Å². The summed E-state index contributed by atoms with van der Waals surface area (Å²) in [6.45, 7) is 0. The Labute approximate surface area is 106 Å². The SMILES string of the molecule is Nc1ccc(F)c(C(=O)Nc2cc(F)cc(F)c2)c1. The molecule has 0 aliphatic heterocycles. The number of rotatable bonds is 2. The molecule has 0 bridgehead atoms. The van der Waals surface area contributed by atoms with Crippen molar-refractivity contribution >= 4 is 17.3 Å². The van der Waals surface area contributed by atoms with Crippen LogP contribution in [0.5, 0.6) is 0 Å². The first kappa shape index (κ1) is 12.9. The molecule has 98 valence electrons. The van der Waals surface area contributed by atoms with E-state index in [1.807, 2.05) is 0 Å². The van der Waals surface area contributed by atoms with Gasteiger partial charge in [0.1, 0.15) is 17.5 Å². The first-order valence-corrected chi connectivity index (χ1v) is 5.28. The summed E-state index contributed by atoms with van der Waals surface area (Å²) >= 11 is 0. The lowest BCUT2D eigenvalue weighted by molar-refractivity contribution is 0.102. The highest BCUT2D eigenvalue weighted by molar-refractivity contribution is 6.04. The second-order valence-corrected chi connectivity index (χ2v) is 3.85. The molecular formula is C13H9F3N2O. The first-order chi connectivity index (χ1) is 8.95. The van der Waals surface area contributed by atoms with Gasteiger partial charge in [0, 0.05) is 17.4 Å². The van der Waals surface area contributed by atoms with Crippen molar-refractivity contribution in [2.45, 2.75) is 0 Å². The second kappa shape index (κ2) is 5.01. The molecule has 0 fully saturated rings. The number of hydrogen-bond acceptors (Lipinski definition) is 2. The highest BCUT2D eigenvalue weighted by atomic mass is 19.1. The van der Waals surface area contributed by atoms with Crippen LogP contribution in [0.1, 0.15) is 10.4 Å². The van der Waals surface area contributed by atoms with Crippen LogP contribution in [0.15, 0.2) is 36.4 Å². The van der Waals surface area contributed by atoms with E-state index in [4.69, 9.17) is 5.73 Å². The molecule has 6 heteroatoms. The zero-order valence-corrected chi connectivity index (χ0v) is 9.58. The highest BCUT2D eigenvalue weighted by Crippen LogP contribution is 2.17. The Morgan fingerprint density at radius 2 is 1.63 bits per heavy atom. The van der Waals surface area contributed by atoms with Crippen molar-refractivity contribution in [3.05, 3.63) is 59.4 Å². The summed E-state index contributed by atoms with van der Waals surface area (Å²) in [4.78, 5) is 11.8. The van der Waals surface area contributed by atoms with Crippen molar-refractivity contribution in [3.8, 4) is 0 Å². The van der Waals surface area contributed by atoms with Gasteiger partial charge in [-0.1, -0.05) is 0 Å². The number of nitrogens with one attached hydrogen (secondary N) is 1. The van der Waals surface area contributed by atoms with Gasteiger partial charge in [0.05, 0.1) is 5.56 Å². The van der Waals surface area contributed by atoms with Gasteiger partial charge in [-0.15, -0.1) is 0 Å². The van der Waals surface area contributed by atoms with Crippen LogP contribution in [0.2, 0.25) is 0 Å². The third-order valence-electron chi connectivity index (χ3n) is 2.36. The number of hydrogen-bond donors (Lipinski definition) is 2. The van der Waals surface area contributed by atoms with E-state index < -0.39 is 23.4 Å². The number of benzene rings is 2. The molecule has 1 amide bonds. The van der Waals surface area contributed by atoms with Gasteiger partial charge >= 0.3 is 0 Å². The average Bonchev–Trinajstić information content (AvgIpc) is 2.30. The third-order valence-corrected chi connectivity index (χ3v) is 2.36. The van der Waals surface area contributed by atoms with E-state index in [2.05, 4.69) is 5.32 Å². The second-order valence-electron chi connectivity index (χ2n) is 3.85. The minimum atomic E-state index is -0.844. The van der Waals surface area contributed by atoms with Crippen molar-refractivity contribution < 1.29 is 18.0 Å². The monoisotopic (exact) mass is 266 g/mol. The van der Waals surface area contributed by atoms with Crippen LogP contribution in [-0.4, -0.2) is 5.91 Å². The lowest BCUT2D eigenvalue weighted by Gasteiger charge is -2.07. The van der Waals surface area contributed by atoms with Gasteiger partial charge in [0.25, 0.3) is 5.91 Å². The van der Waals surface area contributed by atoms with E-state index in [0.717, 1.165) is 24.3 Å². The fraction of sp³-hybridized carbons (Fsp3) is 0. The van der Waals surface area contributed by atoms with Gasteiger partial charge < -0.3 is 11.1 Å². The smallest absolute Gasteiger partial charge is 0.258 e. The van der Waals surface area contributed by atoms with Gasteiger partial charge in [-0.3, -0.25) is 4.79 Å². The number of nitrogens with two attached hydrogens (primary N) is 1. The largest absolute Gasteiger partial charge is 0.399 e. The number of amides is 1. The van der Waals surface area contributed by atoms with Crippen molar-refractivity contribution in [2.75, 3.05) is 11.1 Å². The maximum absolute atomic E-state index is 13.4. The summed E-state index contributed by atoms with van der Waals surface area (Å²) < 4.78 is 39.3. The number of halogens is 3. The zero-order chi connectivity index (χ0) is 14.0. The number of anilines is 2. The quantitative estimate of drug-likeness (QED) is 0.821. The molecule has 2 rings (SSSR count). The van der Waals surface area contributed by atoms with Crippen LogP contribution in [0.4, 0.5) is 24.5 Å². The average molecular weight is 266 g/mol. The van der Waals surface area contributed by atoms with E-state index in [-0.39, 0.29) is 16.9 Å². The molecule has 0 spiro atoms. The number of carbonyl (C=O) groups excluding carboxylic acids is 1. The molecule has 0 aromatic heterocycles. The van der Waals surface area contributed by atoms with E-state index >= 15 is 0 Å². The van der Waals surface area contributed by atoms with Crippen molar-refractivity contribution in [1.29, 1.82) is 0 Å². The molecule has 0 saturated heterocycles. The summed E-state index contributed by atoms with van der Waals surface area (Å²) in [7, 11) is 0. The van der Waals surface area contributed by atoms with Gasteiger partial charge in [-0.05, 0) is 30.3 Å². The normalized spacial score (nSPS) is 10.3. The molecule has 0 atom stereocenters. The molecule has 0 radical (unpaired) electrons. The van der Waals surface area contributed by atoms with Gasteiger partial charge in [-0.2, -0.15) is 0 Å². The van der Waals surface area contributed by atoms with Crippen LogP contribution in [0.3, 0.4) is 0 Å². The van der Waals surface area contributed by atoms with Crippen LogP contribution < -0.4 is 11.1 Å². The third kappa shape index (κ3) is 3.04. The fourth-order valence-electron chi connectivity index (χ4n) is 1.54. The minimum absolute atomic E-state index is 0.107. The first-order valence-electron chi connectivity index (χ1n) is 5.28. The van der Waals surface area contributed by atoms with E-state index in [0.29, 0.717) is 6.07 Å². The Kier molecular flexibility index (Phi) is 3.41. The maximum Gasteiger partial charge on any atom is 0.258 e. The van der Waals surface area contributed by atoms with Gasteiger partial charge in [0.15, 0.2) is 0 Å². The lowest BCUT2D eigenvalue weighted by atomic mass is 10.1. The van der Waals surface area contributed by atoms with Crippen LogP contribution >= 0.6 is 0 Å². The molecule has 0 aliphatic rings. The summed E-state index contributed by atoms with van der Waals surface area (Å²) in [6, 6.07) is 5.98. The standard InChI is InChI=1S/C13H9F3N2O/c14-7-3-8(15)5-10(4-7)18-13(19)11-6-9(17)1-2-12(11)16/h1-6H,17H2,(H,18,19). The number of nitrogen functional groups attached to an aromatic ring is 1. The fourth-order valence-corrected chi connectivity index (χ4v) is 1.54. The molecule has 0 saturated carbocycles. The minimum Gasteiger partial charge on any atom is -0.399 e. The Balaban J connectivity index is 2.28. The van der Waals surface area contributed by atoms with E-state index in [1.165, 1.54) is 6.07 Å². The summed E-state index contributed by atoms with van der Waals surface area (Å²) in [5.41, 5.74) is 5.24. The zero-order valence-electron chi connectivity index (χ0n) is 9.58. The van der Waals surface area contributed by atoms with Gasteiger partial charge in [-0.25, -0.2) is 13.2 Å². The summed E-state index contributed by atoms with van der Waals surface area (Å²) in [5, 5.41) is 2.19. The molecule has 3 N–H and O–H groups in total. The summed E-state index contributed by atoms with van der Waals surface area (Å²) in [6.07, 6.45) is 0. The Morgan fingerprint density at radius 3 is 2.26 bits per heavy atom. The molecular weight excluding hydrogens is 257 g/mol.